The van der Waals surface area contributed by atoms with Crippen molar-refractivity contribution in [2.75, 3.05) is 14.1 Å². The lowest BCUT2D eigenvalue weighted by atomic mass is 10.00. The third-order valence-corrected chi connectivity index (χ3v) is 2.92. The zero-order valence-electron chi connectivity index (χ0n) is 12.5. The predicted octanol–water partition coefficient (Wildman–Crippen LogP) is 1.19. The Morgan fingerprint density at radius 3 is 2.35 bits per heavy atom. The van der Waals surface area contributed by atoms with E-state index in [2.05, 4.69) is 9.97 Å². The quantitative estimate of drug-likeness (QED) is 0.868. The van der Waals surface area contributed by atoms with Gasteiger partial charge in [-0.25, -0.2) is 9.78 Å². The number of carbonyl (C=O) groups excluding carboxylic acids is 1. The number of likely N-dealkylation sites (N-methyl/N-ethyl adjacent to an activating group) is 1. The van der Waals surface area contributed by atoms with Crippen LogP contribution in [0.5, 0.6) is 0 Å². The summed E-state index contributed by atoms with van der Waals surface area (Å²) in [7, 11) is 3.23. The van der Waals surface area contributed by atoms with Crippen molar-refractivity contribution in [2.24, 2.45) is 0 Å². The monoisotopic (exact) mass is 282 g/mol. The summed E-state index contributed by atoms with van der Waals surface area (Å²) in [6.07, 6.45) is 2.30. The summed E-state index contributed by atoms with van der Waals surface area (Å²) in [4.78, 5) is 33.4. The first-order valence-electron chi connectivity index (χ1n) is 6.35. The summed E-state index contributed by atoms with van der Waals surface area (Å²) < 4.78 is 0. The van der Waals surface area contributed by atoms with E-state index in [0.29, 0.717) is 5.69 Å². The third kappa shape index (κ3) is 3.72. The second-order valence-corrected chi connectivity index (χ2v) is 5.84. The Hall–Kier alpha value is -2.05. The van der Waals surface area contributed by atoms with Crippen LogP contribution in [-0.2, 0) is 11.2 Å². The number of aromatic amines is 1. The van der Waals surface area contributed by atoms with E-state index in [1.807, 2.05) is 0 Å². The minimum atomic E-state index is -1.12. The van der Waals surface area contributed by atoms with Gasteiger partial charge in [0.1, 0.15) is 6.04 Å². The van der Waals surface area contributed by atoms with Crippen LogP contribution < -0.4 is 0 Å². The highest BCUT2D eigenvalue weighted by Gasteiger charge is 2.38. The normalized spacial score (nSPS) is 12.8. The van der Waals surface area contributed by atoms with Crippen LogP contribution in [0.3, 0.4) is 0 Å². The summed E-state index contributed by atoms with van der Waals surface area (Å²) >= 11 is 0. The van der Waals surface area contributed by atoms with Crippen molar-refractivity contribution in [3.63, 3.8) is 0 Å². The van der Waals surface area contributed by atoms with Gasteiger partial charge in [-0.3, -0.25) is 9.69 Å². The van der Waals surface area contributed by atoms with Crippen LogP contribution in [0.15, 0.2) is 12.5 Å². The van der Waals surface area contributed by atoms with Gasteiger partial charge < -0.3 is 15.0 Å². The van der Waals surface area contributed by atoms with Crippen molar-refractivity contribution in [1.82, 2.24) is 19.8 Å². The molecule has 7 nitrogen and oxygen atoms in total. The SMILES string of the molecule is CN(C)C(=O)[C@H](Cc1c[nH]cn1)N(C(=O)O)C(C)(C)C. The highest BCUT2D eigenvalue weighted by molar-refractivity contribution is 5.85. The number of rotatable bonds is 4. The number of aromatic nitrogens is 2. The molecule has 1 aromatic heterocycles. The molecule has 0 fully saturated rings. The molecule has 0 aliphatic rings. The largest absolute Gasteiger partial charge is 0.465 e. The van der Waals surface area contributed by atoms with Crippen molar-refractivity contribution in [2.45, 2.75) is 38.8 Å². The first-order chi connectivity index (χ1) is 9.14. The van der Waals surface area contributed by atoms with Gasteiger partial charge in [0.25, 0.3) is 0 Å². The van der Waals surface area contributed by atoms with E-state index in [9.17, 15) is 14.7 Å². The summed E-state index contributed by atoms with van der Waals surface area (Å²) in [5, 5.41) is 9.47. The van der Waals surface area contributed by atoms with Gasteiger partial charge in [-0.2, -0.15) is 0 Å². The van der Waals surface area contributed by atoms with Gasteiger partial charge in [0.2, 0.25) is 5.91 Å². The number of nitrogens with one attached hydrogen (secondary N) is 1. The molecular weight excluding hydrogens is 260 g/mol. The number of carbonyl (C=O) groups is 2. The van der Waals surface area contributed by atoms with Crippen molar-refractivity contribution < 1.29 is 14.7 Å². The molecule has 0 spiro atoms. The van der Waals surface area contributed by atoms with Crippen LogP contribution in [0.25, 0.3) is 0 Å². The Morgan fingerprint density at radius 1 is 1.40 bits per heavy atom. The lowest BCUT2D eigenvalue weighted by Gasteiger charge is -2.39. The first-order valence-corrected chi connectivity index (χ1v) is 6.35. The number of carboxylic acid groups (broad SMARTS) is 1. The van der Waals surface area contributed by atoms with E-state index in [1.165, 1.54) is 16.1 Å². The fourth-order valence-electron chi connectivity index (χ4n) is 2.08. The third-order valence-electron chi connectivity index (χ3n) is 2.92. The van der Waals surface area contributed by atoms with E-state index >= 15 is 0 Å². The molecule has 1 rings (SSSR count). The van der Waals surface area contributed by atoms with Crippen molar-refractivity contribution in [3.8, 4) is 0 Å². The average molecular weight is 282 g/mol. The van der Waals surface area contributed by atoms with E-state index in [0.717, 1.165) is 0 Å². The maximum absolute atomic E-state index is 12.3. The van der Waals surface area contributed by atoms with Gasteiger partial charge in [-0.1, -0.05) is 0 Å². The van der Waals surface area contributed by atoms with E-state index in [4.69, 9.17) is 0 Å². The van der Waals surface area contributed by atoms with Gasteiger partial charge in [0.15, 0.2) is 0 Å². The second-order valence-electron chi connectivity index (χ2n) is 5.84. The fourth-order valence-corrected chi connectivity index (χ4v) is 2.08. The smallest absolute Gasteiger partial charge is 0.408 e. The lowest BCUT2D eigenvalue weighted by molar-refractivity contribution is -0.135. The van der Waals surface area contributed by atoms with E-state index in [-0.39, 0.29) is 12.3 Å². The highest BCUT2D eigenvalue weighted by atomic mass is 16.4. The number of nitrogens with zero attached hydrogens (tertiary/aromatic N) is 3. The molecule has 1 aromatic rings. The Bertz CT molecular complexity index is 462. The van der Waals surface area contributed by atoms with Crippen molar-refractivity contribution >= 4 is 12.0 Å². The van der Waals surface area contributed by atoms with E-state index < -0.39 is 17.7 Å². The van der Waals surface area contributed by atoms with E-state index in [1.54, 1.807) is 41.1 Å². The van der Waals surface area contributed by atoms with Gasteiger partial charge >= 0.3 is 6.09 Å². The van der Waals surface area contributed by atoms with Crippen LogP contribution in [-0.4, -0.2) is 62.6 Å². The summed E-state index contributed by atoms with van der Waals surface area (Å²) in [5.41, 5.74) is -0.0286. The molecule has 0 bridgehead atoms. The van der Waals surface area contributed by atoms with Gasteiger partial charge in [-0.05, 0) is 20.8 Å². The molecule has 0 radical (unpaired) electrons. The number of hydrogen-bond acceptors (Lipinski definition) is 3. The molecule has 0 saturated carbocycles. The Kier molecular flexibility index (Phi) is 4.75. The Balaban J connectivity index is 3.14. The van der Waals surface area contributed by atoms with Crippen LogP contribution in [0.2, 0.25) is 0 Å². The average Bonchev–Trinajstić information content (AvgIpc) is 2.77. The fraction of sp³-hybridized carbons (Fsp3) is 0.615. The molecule has 112 valence electrons. The minimum absolute atomic E-state index is 0.240. The van der Waals surface area contributed by atoms with Crippen LogP contribution >= 0.6 is 0 Å². The number of hydrogen-bond donors (Lipinski definition) is 2. The van der Waals surface area contributed by atoms with Crippen molar-refractivity contribution in [3.05, 3.63) is 18.2 Å². The minimum Gasteiger partial charge on any atom is -0.465 e. The molecule has 20 heavy (non-hydrogen) atoms. The zero-order valence-corrected chi connectivity index (χ0v) is 12.5. The summed E-state index contributed by atoms with van der Waals surface area (Å²) in [6, 6.07) is -0.800. The molecular formula is C13H22N4O3. The molecule has 1 heterocycles. The molecule has 1 atom stereocenters. The van der Waals surface area contributed by atoms with Crippen LogP contribution in [0.1, 0.15) is 26.5 Å². The maximum Gasteiger partial charge on any atom is 0.408 e. The van der Waals surface area contributed by atoms with Crippen LogP contribution in [0, 0.1) is 0 Å². The lowest BCUT2D eigenvalue weighted by Crippen LogP contribution is -2.57. The predicted molar refractivity (Wildman–Crippen MR) is 74.4 cm³/mol. The standard InChI is InChI=1S/C13H22N4O3/c1-13(2,3)17(12(19)20)10(11(18)16(4)5)6-9-7-14-8-15-9/h7-8,10H,6H2,1-5H3,(H,14,15)(H,19,20)/t10-/m0/s1. The Labute approximate surface area is 118 Å². The molecule has 2 amide bonds. The van der Waals surface area contributed by atoms with Crippen LogP contribution in [0.4, 0.5) is 4.79 Å². The molecule has 0 saturated heterocycles. The highest BCUT2D eigenvalue weighted by Crippen LogP contribution is 2.21. The zero-order chi connectivity index (χ0) is 15.5. The summed E-state index contributed by atoms with van der Waals surface area (Å²) in [5.74, 6) is -0.259. The molecule has 7 heteroatoms. The number of imidazole rings is 1. The number of H-pyrrole nitrogens is 1. The first kappa shape index (κ1) is 16.0. The maximum atomic E-state index is 12.3. The van der Waals surface area contributed by atoms with Gasteiger partial charge in [-0.15, -0.1) is 0 Å². The Morgan fingerprint density at radius 2 is 2.00 bits per heavy atom. The second kappa shape index (κ2) is 5.94. The summed E-state index contributed by atoms with van der Waals surface area (Å²) in [6.45, 7) is 5.30. The number of amides is 2. The molecule has 0 aliphatic heterocycles. The molecule has 0 aliphatic carbocycles. The molecule has 2 N–H and O–H groups in total. The topological polar surface area (TPSA) is 89.5 Å². The van der Waals surface area contributed by atoms with Gasteiger partial charge in [0, 0.05) is 32.3 Å². The molecule has 0 unspecified atom stereocenters. The van der Waals surface area contributed by atoms with Crippen molar-refractivity contribution in [1.29, 1.82) is 0 Å². The van der Waals surface area contributed by atoms with Gasteiger partial charge in [0.05, 0.1) is 12.0 Å². The molecule has 0 aromatic carbocycles.